The van der Waals surface area contributed by atoms with Gasteiger partial charge < -0.3 is 4.74 Å². The quantitative estimate of drug-likeness (QED) is 0.704. The lowest BCUT2D eigenvalue weighted by molar-refractivity contribution is 0.413. The number of methoxy groups -OCH3 is 1. The van der Waals surface area contributed by atoms with Gasteiger partial charge in [0.25, 0.3) is 0 Å². The van der Waals surface area contributed by atoms with Crippen molar-refractivity contribution in [2.45, 2.75) is 6.42 Å². The van der Waals surface area contributed by atoms with Crippen LogP contribution in [0.5, 0.6) is 5.75 Å². The molecule has 7 heteroatoms. The number of allylic oxidation sites excluding steroid dienone is 6. The molecule has 0 N–H and O–H groups in total. The van der Waals surface area contributed by atoms with E-state index in [0.29, 0.717) is 29.4 Å². The molecule has 0 saturated heterocycles. The van der Waals surface area contributed by atoms with Crippen LogP contribution >= 0.6 is 0 Å². The van der Waals surface area contributed by atoms with Gasteiger partial charge in [0.15, 0.2) is 0 Å². The molecule has 0 atom stereocenters. The van der Waals surface area contributed by atoms with E-state index in [9.17, 15) is 4.39 Å². The Morgan fingerprint density at radius 1 is 1.11 bits per heavy atom. The minimum absolute atomic E-state index is 0.245. The summed E-state index contributed by atoms with van der Waals surface area (Å²) in [5.74, 6) is 0.836. The van der Waals surface area contributed by atoms with Gasteiger partial charge in [0.05, 0.1) is 12.8 Å². The summed E-state index contributed by atoms with van der Waals surface area (Å²) < 4.78 is 19.0. The molecule has 2 aromatic heterocycles. The normalized spacial score (nSPS) is 13.7. The van der Waals surface area contributed by atoms with Crippen molar-refractivity contribution in [3.05, 3.63) is 78.3 Å². The van der Waals surface area contributed by atoms with Gasteiger partial charge >= 0.3 is 0 Å². The summed E-state index contributed by atoms with van der Waals surface area (Å²) in [6.45, 7) is 0. The molecule has 0 unspecified atom stereocenters. The van der Waals surface area contributed by atoms with E-state index in [1.807, 2.05) is 42.5 Å². The lowest BCUT2D eigenvalue weighted by atomic mass is 10.0. The average molecular weight is 361 g/mol. The molecule has 27 heavy (non-hydrogen) atoms. The molecule has 0 aliphatic heterocycles. The van der Waals surface area contributed by atoms with Crippen molar-refractivity contribution in [2.24, 2.45) is 0 Å². The van der Waals surface area contributed by atoms with Crippen LogP contribution < -0.4 is 4.74 Å². The van der Waals surface area contributed by atoms with Crippen LogP contribution in [-0.2, 0) is 0 Å². The first-order valence-electron chi connectivity index (χ1n) is 8.39. The molecule has 0 saturated carbocycles. The number of halogens is 1. The minimum Gasteiger partial charge on any atom is -0.496 e. The van der Waals surface area contributed by atoms with Crippen molar-refractivity contribution >= 4 is 5.57 Å². The van der Waals surface area contributed by atoms with Gasteiger partial charge in [0.1, 0.15) is 17.3 Å². The van der Waals surface area contributed by atoms with E-state index in [2.05, 4.69) is 20.4 Å². The van der Waals surface area contributed by atoms with E-state index in [1.54, 1.807) is 19.4 Å². The Bertz CT molecular complexity index is 1050. The van der Waals surface area contributed by atoms with Crippen LogP contribution in [0.25, 0.3) is 22.8 Å². The number of nitrogens with zero attached hydrogens (tertiary/aromatic N) is 5. The molecule has 134 valence electrons. The molecule has 3 aromatic rings. The summed E-state index contributed by atoms with van der Waals surface area (Å²) in [5, 5.41) is 12.5. The number of ether oxygens (including phenoxy) is 1. The summed E-state index contributed by atoms with van der Waals surface area (Å²) in [4.78, 5) is 5.65. The van der Waals surface area contributed by atoms with Crippen molar-refractivity contribution in [3.8, 4) is 23.0 Å². The highest BCUT2D eigenvalue weighted by Crippen LogP contribution is 2.31. The van der Waals surface area contributed by atoms with Gasteiger partial charge in [-0.05, 0) is 53.6 Å². The fraction of sp³-hybridized carbons (Fsp3) is 0.100. The summed E-state index contributed by atoms with van der Waals surface area (Å²) in [6, 6.07) is 11.1. The lowest BCUT2D eigenvalue weighted by Crippen LogP contribution is -2.01. The second-order valence-electron chi connectivity index (χ2n) is 5.82. The molecule has 1 aromatic carbocycles. The molecule has 0 radical (unpaired) electrons. The third-order valence-corrected chi connectivity index (χ3v) is 4.11. The Hall–Kier alpha value is -3.61. The Labute approximate surface area is 155 Å². The molecule has 0 amide bonds. The van der Waals surface area contributed by atoms with Crippen LogP contribution in [0.15, 0.2) is 72.7 Å². The second-order valence-corrected chi connectivity index (χ2v) is 5.82. The standard InChI is InChI=1S/C20H16FN5O/c1-27-19-13-16(10-11-17(19)14-5-4-6-15(21)9-8-14)26-24-20(23-25-26)18-7-2-3-12-22-18/h2-3,5-13H,4H2,1H3. The zero-order valence-corrected chi connectivity index (χ0v) is 14.6. The molecular weight excluding hydrogens is 345 g/mol. The molecule has 0 spiro atoms. The van der Waals surface area contributed by atoms with Gasteiger partial charge in [-0.1, -0.05) is 18.2 Å². The van der Waals surface area contributed by atoms with Crippen molar-refractivity contribution in [3.63, 3.8) is 0 Å². The van der Waals surface area contributed by atoms with Crippen LogP contribution in [0.3, 0.4) is 0 Å². The van der Waals surface area contributed by atoms with Crippen LogP contribution in [0.1, 0.15) is 12.0 Å². The number of aromatic nitrogens is 5. The maximum absolute atomic E-state index is 13.4. The first kappa shape index (κ1) is 16.8. The van der Waals surface area contributed by atoms with Crippen LogP contribution in [-0.4, -0.2) is 32.3 Å². The van der Waals surface area contributed by atoms with E-state index in [4.69, 9.17) is 4.74 Å². The zero-order chi connectivity index (χ0) is 18.6. The predicted octanol–water partition coefficient (Wildman–Crippen LogP) is 3.93. The number of benzene rings is 1. The molecule has 0 bridgehead atoms. The second kappa shape index (κ2) is 7.33. The summed E-state index contributed by atoms with van der Waals surface area (Å²) >= 11 is 0. The summed E-state index contributed by atoms with van der Waals surface area (Å²) in [6.07, 6.45) is 8.88. The maximum atomic E-state index is 13.4. The largest absolute Gasteiger partial charge is 0.496 e. The Balaban J connectivity index is 1.67. The molecule has 1 aliphatic carbocycles. The lowest BCUT2D eigenvalue weighted by Gasteiger charge is -2.11. The molecule has 4 rings (SSSR count). The highest BCUT2D eigenvalue weighted by atomic mass is 19.1. The Morgan fingerprint density at radius 2 is 2.04 bits per heavy atom. The Morgan fingerprint density at radius 3 is 2.85 bits per heavy atom. The maximum Gasteiger partial charge on any atom is 0.223 e. The van der Waals surface area contributed by atoms with E-state index < -0.39 is 0 Å². The van der Waals surface area contributed by atoms with Gasteiger partial charge in [-0.15, -0.1) is 15.0 Å². The fourth-order valence-corrected chi connectivity index (χ4v) is 2.77. The first-order valence-corrected chi connectivity index (χ1v) is 8.39. The first-order chi connectivity index (χ1) is 13.2. The topological polar surface area (TPSA) is 65.7 Å². The van der Waals surface area contributed by atoms with Crippen LogP contribution in [0, 0.1) is 0 Å². The Kier molecular flexibility index (Phi) is 4.57. The van der Waals surface area contributed by atoms with Crippen LogP contribution in [0.4, 0.5) is 4.39 Å². The van der Waals surface area contributed by atoms with E-state index >= 15 is 0 Å². The SMILES string of the molecule is COc1cc(-n2nnc(-c3ccccn3)n2)ccc1C1=CCC=C(F)C=C1. The number of tetrazole rings is 1. The smallest absolute Gasteiger partial charge is 0.223 e. The average Bonchev–Trinajstić information content (AvgIpc) is 3.11. The molecule has 6 nitrogen and oxygen atoms in total. The minimum atomic E-state index is -0.245. The van der Waals surface area contributed by atoms with Crippen molar-refractivity contribution in [2.75, 3.05) is 7.11 Å². The summed E-state index contributed by atoms with van der Waals surface area (Å²) in [5.41, 5.74) is 3.11. The van der Waals surface area contributed by atoms with Gasteiger partial charge in [-0.25, -0.2) is 4.39 Å². The number of hydrogen-bond donors (Lipinski definition) is 0. The van der Waals surface area contributed by atoms with Gasteiger partial charge in [0.2, 0.25) is 5.82 Å². The monoisotopic (exact) mass is 361 g/mol. The third kappa shape index (κ3) is 3.52. The van der Waals surface area contributed by atoms with Gasteiger partial charge in [0, 0.05) is 17.8 Å². The molecule has 0 fully saturated rings. The van der Waals surface area contributed by atoms with Crippen molar-refractivity contribution in [1.82, 2.24) is 25.2 Å². The van der Waals surface area contributed by atoms with Crippen molar-refractivity contribution < 1.29 is 9.13 Å². The summed E-state index contributed by atoms with van der Waals surface area (Å²) in [7, 11) is 1.59. The van der Waals surface area contributed by atoms with Crippen molar-refractivity contribution in [1.29, 1.82) is 0 Å². The van der Waals surface area contributed by atoms with Gasteiger partial charge in [-0.3, -0.25) is 4.98 Å². The molecular formula is C20H16FN5O. The van der Waals surface area contributed by atoms with E-state index in [-0.39, 0.29) is 5.83 Å². The third-order valence-electron chi connectivity index (χ3n) is 4.11. The van der Waals surface area contributed by atoms with E-state index in [0.717, 1.165) is 11.1 Å². The molecule has 2 heterocycles. The number of hydrogen-bond acceptors (Lipinski definition) is 5. The number of pyridine rings is 1. The zero-order valence-electron chi connectivity index (χ0n) is 14.6. The fourth-order valence-electron chi connectivity index (χ4n) is 2.77. The number of rotatable bonds is 4. The highest BCUT2D eigenvalue weighted by Gasteiger charge is 2.13. The van der Waals surface area contributed by atoms with E-state index in [1.165, 1.54) is 16.9 Å². The predicted molar refractivity (Wildman–Crippen MR) is 99.9 cm³/mol. The molecule has 1 aliphatic rings. The highest BCUT2D eigenvalue weighted by molar-refractivity contribution is 5.79. The van der Waals surface area contributed by atoms with Gasteiger partial charge in [-0.2, -0.15) is 0 Å². The van der Waals surface area contributed by atoms with Crippen LogP contribution in [0.2, 0.25) is 0 Å².